The normalized spacial score (nSPS) is 59.0. The number of carbonyl (C=O) groups excluding carboxylic acids is 1. The lowest BCUT2D eigenvalue weighted by molar-refractivity contribution is -0.168. The van der Waals surface area contributed by atoms with Gasteiger partial charge in [0.15, 0.2) is 0 Å². The van der Waals surface area contributed by atoms with Crippen molar-refractivity contribution in [3.8, 4) is 0 Å². The van der Waals surface area contributed by atoms with E-state index >= 15 is 0 Å². The Morgan fingerprint density at radius 2 is 1.88 bits per heavy atom. The van der Waals surface area contributed by atoms with Crippen LogP contribution in [0.25, 0.3) is 0 Å². The van der Waals surface area contributed by atoms with Crippen LogP contribution < -0.4 is 0 Å². The molecule has 3 N–H and O–H groups in total. The first-order chi connectivity index (χ1) is 11.7. The molecule has 5 aliphatic carbocycles. The molecule has 5 aliphatic rings. The molecule has 0 aromatic rings. The minimum atomic E-state index is -1.17. The summed E-state index contributed by atoms with van der Waals surface area (Å²) in [6.45, 7) is 5.93. The zero-order valence-electron chi connectivity index (χ0n) is 14.6. The molecule has 5 heteroatoms. The predicted molar refractivity (Wildman–Crippen MR) is 88.4 cm³/mol. The van der Waals surface area contributed by atoms with Crippen LogP contribution in [0.2, 0.25) is 0 Å². The Kier molecular flexibility index (Phi) is 2.80. The van der Waals surface area contributed by atoms with Crippen molar-refractivity contribution < 1.29 is 24.9 Å². The Morgan fingerprint density at radius 1 is 1.16 bits per heavy atom. The Balaban J connectivity index is 1.76. The van der Waals surface area contributed by atoms with Crippen LogP contribution in [-0.2, 0) is 9.59 Å². The van der Waals surface area contributed by atoms with Crippen molar-refractivity contribution in [2.24, 2.45) is 39.9 Å². The van der Waals surface area contributed by atoms with Crippen molar-refractivity contribution in [3.63, 3.8) is 0 Å². The number of aliphatic hydroxyl groups is 2. The molecule has 5 fully saturated rings. The number of hydrogen-bond acceptors (Lipinski definition) is 4. The molecule has 9 atom stereocenters. The van der Waals surface area contributed by atoms with Gasteiger partial charge in [0.1, 0.15) is 5.78 Å². The smallest absolute Gasteiger partial charge is 0.307 e. The minimum absolute atomic E-state index is 0.0541. The first-order valence-corrected chi connectivity index (χ1v) is 9.48. The highest BCUT2D eigenvalue weighted by Gasteiger charge is 2.81. The summed E-state index contributed by atoms with van der Waals surface area (Å²) >= 11 is 0. The molecule has 136 valence electrons. The number of aliphatic carboxylic acids is 1. The number of hydrogen-bond donors (Lipinski definition) is 3. The highest BCUT2D eigenvalue weighted by Crippen LogP contribution is 2.81. The van der Waals surface area contributed by atoms with Gasteiger partial charge in [-0.25, -0.2) is 0 Å². The Bertz CT molecular complexity index is 715. The average molecular weight is 346 g/mol. The van der Waals surface area contributed by atoms with E-state index in [-0.39, 0.29) is 23.0 Å². The van der Waals surface area contributed by atoms with Gasteiger partial charge in [0, 0.05) is 6.42 Å². The summed E-state index contributed by atoms with van der Waals surface area (Å²) in [5.41, 5.74) is -0.797. The lowest BCUT2D eigenvalue weighted by atomic mass is 9.56. The maximum atomic E-state index is 13.0. The third kappa shape index (κ3) is 1.47. The van der Waals surface area contributed by atoms with Crippen molar-refractivity contribution in [1.29, 1.82) is 0 Å². The van der Waals surface area contributed by atoms with E-state index in [0.29, 0.717) is 18.8 Å². The van der Waals surface area contributed by atoms with Gasteiger partial charge >= 0.3 is 5.97 Å². The largest absolute Gasteiger partial charge is 0.481 e. The minimum Gasteiger partial charge on any atom is -0.481 e. The predicted octanol–water partition coefficient (Wildman–Crippen LogP) is 1.77. The molecule has 0 aliphatic heterocycles. The molecule has 5 rings (SSSR count). The molecule has 0 heterocycles. The molecule has 5 nitrogen and oxygen atoms in total. The molecule has 0 aromatic carbocycles. The van der Waals surface area contributed by atoms with Crippen molar-refractivity contribution in [2.45, 2.75) is 57.7 Å². The first kappa shape index (κ1) is 16.0. The summed E-state index contributed by atoms with van der Waals surface area (Å²) in [6.07, 6.45) is 2.06. The van der Waals surface area contributed by atoms with Crippen molar-refractivity contribution in [3.05, 3.63) is 12.2 Å². The van der Waals surface area contributed by atoms with Gasteiger partial charge in [-0.3, -0.25) is 9.59 Å². The summed E-state index contributed by atoms with van der Waals surface area (Å²) in [5.74, 6) is -1.37. The number of carbonyl (C=O) groups is 2. The molecule has 0 unspecified atom stereocenters. The zero-order valence-corrected chi connectivity index (χ0v) is 14.6. The van der Waals surface area contributed by atoms with Gasteiger partial charge in [0.05, 0.1) is 23.5 Å². The Hall–Kier alpha value is -1.20. The first-order valence-electron chi connectivity index (χ1n) is 9.48. The summed E-state index contributed by atoms with van der Waals surface area (Å²) in [5, 5.41) is 31.5. The lowest BCUT2D eigenvalue weighted by Gasteiger charge is -2.49. The highest BCUT2D eigenvalue weighted by molar-refractivity contribution is 5.91. The number of carboxylic acids is 1. The number of ketones is 1. The van der Waals surface area contributed by atoms with Crippen LogP contribution in [-0.4, -0.2) is 39.3 Å². The van der Waals surface area contributed by atoms with Crippen LogP contribution in [0, 0.1) is 39.9 Å². The number of rotatable bonds is 1. The van der Waals surface area contributed by atoms with Crippen molar-refractivity contribution in [1.82, 2.24) is 0 Å². The molecule has 0 saturated heterocycles. The van der Waals surface area contributed by atoms with Gasteiger partial charge in [0.2, 0.25) is 0 Å². The van der Waals surface area contributed by atoms with Gasteiger partial charge in [-0.15, -0.1) is 0 Å². The van der Waals surface area contributed by atoms with Crippen LogP contribution in [0.15, 0.2) is 12.2 Å². The maximum absolute atomic E-state index is 13.0. The summed E-state index contributed by atoms with van der Waals surface area (Å²) < 4.78 is 0. The molecule has 0 radical (unpaired) electrons. The second-order valence-corrected chi connectivity index (χ2v) is 9.72. The zero-order chi connectivity index (χ0) is 17.9. The quantitative estimate of drug-likeness (QED) is 0.629. The molecular formula is C20H26O5. The summed E-state index contributed by atoms with van der Waals surface area (Å²) in [6, 6.07) is 0. The number of aliphatic hydroxyl groups excluding tert-OH is 2. The van der Waals surface area contributed by atoms with Gasteiger partial charge in [-0.2, -0.15) is 0 Å². The third-order valence-electron chi connectivity index (χ3n) is 9.09. The number of allylic oxidation sites excluding steroid dienone is 1. The van der Waals surface area contributed by atoms with E-state index in [1.165, 1.54) is 0 Å². The third-order valence-corrected chi connectivity index (χ3v) is 9.09. The van der Waals surface area contributed by atoms with E-state index in [1.807, 2.05) is 0 Å². The van der Waals surface area contributed by atoms with Crippen LogP contribution in [0.1, 0.15) is 45.4 Å². The summed E-state index contributed by atoms with van der Waals surface area (Å²) in [7, 11) is 0. The topological polar surface area (TPSA) is 94.8 Å². The fourth-order valence-electron chi connectivity index (χ4n) is 8.48. The maximum Gasteiger partial charge on any atom is 0.307 e. The lowest BCUT2D eigenvalue weighted by Crippen LogP contribution is -2.56. The van der Waals surface area contributed by atoms with Gasteiger partial charge < -0.3 is 15.3 Å². The molecule has 0 aromatic heterocycles. The van der Waals surface area contributed by atoms with Crippen molar-refractivity contribution in [2.75, 3.05) is 0 Å². The van der Waals surface area contributed by atoms with Gasteiger partial charge in [-0.05, 0) is 67.6 Å². The molecular weight excluding hydrogens is 320 g/mol. The summed E-state index contributed by atoms with van der Waals surface area (Å²) in [4.78, 5) is 25.4. The van der Waals surface area contributed by atoms with Crippen LogP contribution in [0.5, 0.6) is 0 Å². The van der Waals surface area contributed by atoms with Gasteiger partial charge in [0.25, 0.3) is 0 Å². The molecule has 5 saturated carbocycles. The highest BCUT2D eigenvalue weighted by atomic mass is 16.4. The standard InChI is InChI=1S/C20H26O5/c1-9-5-19-6-10(9)3-4-12(19)20-7-11(21)16(23)18(2,13(22)8-20)15(20)14(19)17(24)25/h10-12,14-16,21,23H,1,3-8H2,2H3,(H,24,25)/t10-,11+,12-,14-,15+,16-,18+,19+,20-/m1/s1. The van der Waals surface area contributed by atoms with Crippen LogP contribution in [0.3, 0.4) is 0 Å². The van der Waals surface area contributed by atoms with E-state index in [4.69, 9.17) is 0 Å². The second-order valence-electron chi connectivity index (χ2n) is 9.72. The van der Waals surface area contributed by atoms with Gasteiger partial charge in [-0.1, -0.05) is 12.2 Å². The molecule has 4 bridgehead atoms. The number of fused-ring (bicyclic) bond motifs is 1. The monoisotopic (exact) mass is 346 g/mol. The fraction of sp³-hybridized carbons (Fsp3) is 0.800. The molecule has 0 amide bonds. The van der Waals surface area contributed by atoms with Crippen LogP contribution in [0.4, 0.5) is 0 Å². The van der Waals surface area contributed by atoms with Crippen LogP contribution >= 0.6 is 0 Å². The van der Waals surface area contributed by atoms with E-state index in [9.17, 15) is 24.9 Å². The van der Waals surface area contributed by atoms with E-state index in [0.717, 1.165) is 31.3 Å². The fourth-order valence-corrected chi connectivity index (χ4v) is 8.48. The van der Waals surface area contributed by atoms with Crippen molar-refractivity contribution >= 4 is 11.8 Å². The number of Topliss-reactive ketones (excluding diaryl/α,β-unsaturated/α-hetero) is 1. The van der Waals surface area contributed by atoms with E-state index < -0.39 is 34.9 Å². The SMILES string of the molecule is C=C1C[C@]23C[C@H]1CC[C@H]2[C@]12CC(=O)[C@](C)([C@H](O)[C@@H](O)C1)[C@@H]2[C@@H]3C(=O)O. The van der Waals surface area contributed by atoms with E-state index in [1.54, 1.807) is 6.92 Å². The second kappa shape index (κ2) is 4.37. The number of carboxylic acid groups (broad SMARTS) is 1. The molecule has 1 spiro atoms. The average Bonchev–Trinajstić information content (AvgIpc) is 3.00. The Morgan fingerprint density at radius 3 is 2.56 bits per heavy atom. The van der Waals surface area contributed by atoms with E-state index in [2.05, 4.69) is 6.58 Å². The Labute approximate surface area is 147 Å². The molecule has 25 heavy (non-hydrogen) atoms.